The van der Waals surface area contributed by atoms with Gasteiger partial charge in [-0.1, -0.05) is 6.92 Å². The summed E-state index contributed by atoms with van der Waals surface area (Å²) in [5.41, 5.74) is 3.73. The number of anilines is 1. The van der Waals surface area contributed by atoms with Crippen molar-refractivity contribution >= 4 is 17.6 Å². The Hall–Kier alpha value is -2.31. The van der Waals surface area contributed by atoms with Crippen LogP contribution in [0.25, 0.3) is 0 Å². The fraction of sp³-hybridized carbons (Fsp3) is 0.429. The lowest BCUT2D eigenvalue weighted by molar-refractivity contribution is -0.143. The first-order valence-corrected chi connectivity index (χ1v) is 6.46. The van der Waals surface area contributed by atoms with Crippen molar-refractivity contribution in [2.24, 2.45) is 0 Å². The Bertz CT molecular complexity index is 558. The van der Waals surface area contributed by atoms with Gasteiger partial charge in [-0.25, -0.2) is 9.18 Å². The van der Waals surface area contributed by atoms with Crippen molar-refractivity contribution in [3.63, 3.8) is 0 Å². The third-order valence-corrected chi connectivity index (χ3v) is 2.77. The number of nitrogens with two attached hydrogens (primary N) is 1. The predicted octanol–water partition coefficient (Wildman–Crippen LogP) is 1.79. The summed E-state index contributed by atoms with van der Waals surface area (Å²) in [6.45, 7) is 4.86. The molecular weight excluding hydrogens is 279 g/mol. The number of ether oxygens (including phenoxy) is 1. The SMILES string of the molecule is CCCOc1cc(N)c(F)cc1C(=O)NC(C)(C)C(=O)O. The summed E-state index contributed by atoms with van der Waals surface area (Å²) in [6.07, 6.45) is 0.693. The molecule has 7 heteroatoms. The number of hydrogen-bond donors (Lipinski definition) is 3. The van der Waals surface area contributed by atoms with Gasteiger partial charge < -0.3 is 20.9 Å². The zero-order chi connectivity index (χ0) is 16.2. The number of hydrogen-bond acceptors (Lipinski definition) is 4. The highest BCUT2D eigenvalue weighted by Crippen LogP contribution is 2.25. The maximum Gasteiger partial charge on any atom is 0.328 e. The Balaban J connectivity index is 3.12. The third kappa shape index (κ3) is 4.08. The molecule has 0 saturated heterocycles. The lowest BCUT2D eigenvalue weighted by Gasteiger charge is -2.22. The van der Waals surface area contributed by atoms with E-state index in [4.69, 9.17) is 15.6 Å². The van der Waals surface area contributed by atoms with Crippen LogP contribution in [0, 0.1) is 5.82 Å². The van der Waals surface area contributed by atoms with Gasteiger partial charge in [0, 0.05) is 6.07 Å². The summed E-state index contributed by atoms with van der Waals surface area (Å²) in [4.78, 5) is 23.2. The van der Waals surface area contributed by atoms with Gasteiger partial charge in [-0.2, -0.15) is 0 Å². The summed E-state index contributed by atoms with van der Waals surface area (Å²) in [6, 6.07) is 2.15. The summed E-state index contributed by atoms with van der Waals surface area (Å²) in [5, 5.41) is 11.3. The average molecular weight is 298 g/mol. The predicted molar refractivity (Wildman–Crippen MR) is 75.8 cm³/mol. The van der Waals surface area contributed by atoms with Gasteiger partial charge in [-0.3, -0.25) is 4.79 Å². The summed E-state index contributed by atoms with van der Waals surface area (Å²) < 4.78 is 18.9. The number of nitrogens with one attached hydrogen (secondary N) is 1. The molecule has 0 spiro atoms. The summed E-state index contributed by atoms with van der Waals surface area (Å²) >= 11 is 0. The van der Waals surface area contributed by atoms with Gasteiger partial charge >= 0.3 is 5.97 Å². The monoisotopic (exact) mass is 298 g/mol. The number of carboxylic acid groups (broad SMARTS) is 1. The van der Waals surface area contributed by atoms with Gasteiger partial charge in [0.1, 0.15) is 17.1 Å². The Morgan fingerprint density at radius 3 is 2.57 bits per heavy atom. The lowest BCUT2D eigenvalue weighted by Crippen LogP contribution is -2.49. The van der Waals surface area contributed by atoms with Crippen molar-refractivity contribution in [3.8, 4) is 5.75 Å². The van der Waals surface area contributed by atoms with Crippen LogP contribution >= 0.6 is 0 Å². The van der Waals surface area contributed by atoms with Crippen molar-refractivity contribution in [1.29, 1.82) is 0 Å². The molecule has 0 aromatic heterocycles. The van der Waals surface area contributed by atoms with E-state index in [1.54, 1.807) is 0 Å². The van der Waals surface area contributed by atoms with Crippen LogP contribution in [-0.2, 0) is 4.79 Å². The zero-order valence-electron chi connectivity index (χ0n) is 12.2. The van der Waals surface area contributed by atoms with Crippen molar-refractivity contribution in [3.05, 3.63) is 23.5 Å². The second kappa shape index (κ2) is 6.43. The number of nitrogen functional groups attached to an aromatic ring is 1. The average Bonchev–Trinajstić information content (AvgIpc) is 2.38. The van der Waals surface area contributed by atoms with E-state index in [1.807, 2.05) is 6.92 Å². The van der Waals surface area contributed by atoms with Gasteiger partial charge in [0.2, 0.25) is 0 Å². The quantitative estimate of drug-likeness (QED) is 0.695. The molecule has 0 saturated carbocycles. The second-order valence-corrected chi connectivity index (χ2v) is 5.10. The number of carboxylic acids is 1. The summed E-state index contributed by atoms with van der Waals surface area (Å²) in [7, 11) is 0. The van der Waals surface area contributed by atoms with E-state index < -0.39 is 23.2 Å². The minimum Gasteiger partial charge on any atom is -0.493 e. The van der Waals surface area contributed by atoms with Crippen molar-refractivity contribution < 1.29 is 23.8 Å². The number of carbonyl (C=O) groups is 2. The minimum absolute atomic E-state index is 0.0931. The molecule has 0 aliphatic carbocycles. The van der Waals surface area contributed by atoms with E-state index in [0.29, 0.717) is 13.0 Å². The van der Waals surface area contributed by atoms with Crippen molar-refractivity contribution in [2.45, 2.75) is 32.7 Å². The number of benzene rings is 1. The maximum absolute atomic E-state index is 13.6. The topological polar surface area (TPSA) is 102 Å². The molecule has 4 N–H and O–H groups in total. The number of halogens is 1. The molecule has 0 atom stereocenters. The third-order valence-electron chi connectivity index (χ3n) is 2.77. The molecule has 0 aliphatic rings. The molecule has 1 amide bonds. The van der Waals surface area contributed by atoms with Gasteiger partial charge in [0.15, 0.2) is 0 Å². The molecule has 0 aliphatic heterocycles. The normalized spacial score (nSPS) is 11.0. The van der Waals surface area contributed by atoms with Gasteiger partial charge in [-0.05, 0) is 26.3 Å². The first-order valence-electron chi connectivity index (χ1n) is 6.46. The van der Waals surface area contributed by atoms with Crippen LogP contribution in [0.2, 0.25) is 0 Å². The van der Waals surface area contributed by atoms with Gasteiger partial charge in [0.25, 0.3) is 5.91 Å². The number of aliphatic carboxylic acids is 1. The fourth-order valence-electron chi connectivity index (χ4n) is 1.48. The van der Waals surface area contributed by atoms with E-state index in [2.05, 4.69) is 5.32 Å². The first-order chi connectivity index (χ1) is 9.69. The smallest absolute Gasteiger partial charge is 0.328 e. The molecule has 1 aromatic rings. The van der Waals surface area contributed by atoms with Crippen LogP contribution in [0.4, 0.5) is 10.1 Å². The zero-order valence-corrected chi connectivity index (χ0v) is 12.2. The van der Waals surface area contributed by atoms with Crippen LogP contribution in [0.15, 0.2) is 12.1 Å². The maximum atomic E-state index is 13.6. The standard InChI is InChI=1S/C14H19FN2O4/c1-4-5-21-11-7-10(16)9(15)6-8(11)12(18)17-14(2,3)13(19)20/h6-7H,4-5,16H2,1-3H3,(H,17,18)(H,19,20). The second-order valence-electron chi connectivity index (χ2n) is 5.10. The van der Waals surface area contributed by atoms with Crippen LogP contribution in [0.1, 0.15) is 37.6 Å². The molecule has 116 valence electrons. The molecule has 1 rings (SSSR count). The van der Waals surface area contributed by atoms with Crippen molar-refractivity contribution in [2.75, 3.05) is 12.3 Å². The highest BCUT2D eigenvalue weighted by Gasteiger charge is 2.30. The van der Waals surface area contributed by atoms with Gasteiger partial charge in [0.05, 0.1) is 17.9 Å². The van der Waals surface area contributed by atoms with Crippen LogP contribution in [0.5, 0.6) is 5.75 Å². The molecule has 6 nitrogen and oxygen atoms in total. The first kappa shape index (κ1) is 16.7. The molecule has 0 bridgehead atoms. The van der Waals surface area contributed by atoms with Crippen LogP contribution < -0.4 is 15.8 Å². The Morgan fingerprint density at radius 1 is 1.43 bits per heavy atom. The van der Waals surface area contributed by atoms with E-state index in [9.17, 15) is 14.0 Å². The highest BCUT2D eigenvalue weighted by molar-refractivity contribution is 6.00. The Labute approximate surface area is 122 Å². The lowest BCUT2D eigenvalue weighted by atomic mass is 10.0. The Kier molecular flexibility index (Phi) is 5.12. The molecule has 0 radical (unpaired) electrons. The molecule has 0 unspecified atom stereocenters. The highest BCUT2D eigenvalue weighted by atomic mass is 19.1. The fourth-order valence-corrected chi connectivity index (χ4v) is 1.48. The van der Waals surface area contributed by atoms with Crippen molar-refractivity contribution in [1.82, 2.24) is 5.32 Å². The molecule has 0 fully saturated rings. The number of carbonyl (C=O) groups excluding carboxylic acids is 1. The number of rotatable bonds is 6. The van der Waals surface area contributed by atoms with E-state index in [0.717, 1.165) is 6.07 Å². The molecule has 1 aromatic carbocycles. The largest absolute Gasteiger partial charge is 0.493 e. The van der Waals surface area contributed by atoms with E-state index in [1.165, 1.54) is 19.9 Å². The number of amides is 1. The van der Waals surface area contributed by atoms with E-state index >= 15 is 0 Å². The molecule has 0 heterocycles. The Morgan fingerprint density at radius 2 is 2.05 bits per heavy atom. The summed E-state index contributed by atoms with van der Waals surface area (Å²) in [5.74, 6) is -2.60. The molecular formula is C14H19FN2O4. The van der Waals surface area contributed by atoms with Crippen LogP contribution in [-0.4, -0.2) is 29.1 Å². The van der Waals surface area contributed by atoms with Crippen LogP contribution in [0.3, 0.4) is 0 Å². The van der Waals surface area contributed by atoms with E-state index in [-0.39, 0.29) is 17.0 Å². The molecule has 21 heavy (non-hydrogen) atoms. The minimum atomic E-state index is -1.49. The van der Waals surface area contributed by atoms with Gasteiger partial charge in [-0.15, -0.1) is 0 Å².